The largest absolute Gasteiger partial charge is 0.496 e. The molecule has 1 heterocycles. The van der Waals surface area contributed by atoms with Crippen molar-refractivity contribution in [2.45, 2.75) is 17.1 Å². The summed E-state index contributed by atoms with van der Waals surface area (Å²) in [6.07, 6.45) is 0. The number of nitro benzene ring substituents is 1. The number of nitrogens with one attached hydrogen (secondary N) is 1. The molecule has 1 atom stereocenters. The van der Waals surface area contributed by atoms with Gasteiger partial charge in [-0.3, -0.25) is 14.9 Å². The number of hydrogen-bond acceptors (Lipinski definition) is 7. The molecule has 7 nitrogen and oxygen atoms in total. The van der Waals surface area contributed by atoms with E-state index in [4.69, 9.17) is 4.74 Å². The molecule has 0 saturated carbocycles. The Balaban J connectivity index is 1.64. The normalized spacial score (nSPS) is 11.6. The number of carbonyl (C=O) groups is 1. The van der Waals surface area contributed by atoms with Crippen molar-refractivity contribution >= 4 is 39.8 Å². The molecule has 28 heavy (non-hydrogen) atoms. The van der Waals surface area contributed by atoms with Crippen molar-refractivity contribution in [1.29, 1.82) is 0 Å². The molecule has 144 valence electrons. The maximum atomic E-state index is 12.5. The average molecular weight is 415 g/mol. The first-order chi connectivity index (χ1) is 13.5. The Bertz CT molecular complexity index is 989. The molecule has 0 saturated heterocycles. The summed E-state index contributed by atoms with van der Waals surface area (Å²) >= 11 is 2.66. The molecule has 1 unspecified atom stereocenters. The standard InChI is InChI=1S/C19H17N3O4S2/c1-12(28-14-9-7-13(8-10-14)22(24)25)18(23)21-19-20-16(11-27-19)15-5-3-4-6-17(15)26-2/h3-12H,1-2H3,(H,20,21,23). The van der Waals surface area contributed by atoms with E-state index in [0.717, 1.165) is 16.2 Å². The Morgan fingerprint density at radius 1 is 1.25 bits per heavy atom. The van der Waals surface area contributed by atoms with Crippen LogP contribution in [0.4, 0.5) is 10.8 Å². The van der Waals surface area contributed by atoms with Crippen LogP contribution >= 0.6 is 23.1 Å². The van der Waals surface area contributed by atoms with Crippen molar-refractivity contribution in [2.75, 3.05) is 12.4 Å². The number of ether oxygens (including phenoxy) is 1. The fourth-order valence-corrected chi connectivity index (χ4v) is 4.00. The fraction of sp³-hybridized carbons (Fsp3) is 0.158. The molecule has 1 amide bonds. The van der Waals surface area contributed by atoms with Gasteiger partial charge >= 0.3 is 0 Å². The second-order valence-corrected chi connectivity index (χ2v) is 8.01. The average Bonchev–Trinajstić information content (AvgIpc) is 3.16. The number of hydrogen-bond donors (Lipinski definition) is 1. The SMILES string of the molecule is COc1ccccc1-c1csc(NC(=O)C(C)Sc2ccc([N+](=O)[O-])cc2)n1. The minimum absolute atomic E-state index is 0.0214. The van der Waals surface area contributed by atoms with Gasteiger partial charge in [-0.05, 0) is 31.2 Å². The van der Waals surface area contributed by atoms with Gasteiger partial charge in [-0.25, -0.2) is 4.98 Å². The molecular weight excluding hydrogens is 398 g/mol. The second kappa shape index (κ2) is 8.85. The molecule has 0 radical (unpaired) electrons. The lowest BCUT2D eigenvalue weighted by molar-refractivity contribution is -0.384. The zero-order valence-corrected chi connectivity index (χ0v) is 16.8. The molecule has 1 aromatic heterocycles. The van der Waals surface area contributed by atoms with Crippen LogP contribution in [0.1, 0.15) is 6.92 Å². The highest BCUT2D eigenvalue weighted by Gasteiger charge is 2.17. The molecule has 0 bridgehead atoms. The Morgan fingerprint density at radius 2 is 1.96 bits per heavy atom. The molecular formula is C19H17N3O4S2. The van der Waals surface area contributed by atoms with Gasteiger partial charge in [0.15, 0.2) is 5.13 Å². The molecule has 0 aliphatic rings. The van der Waals surface area contributed by atoms with Crippen LogP contribution in [0.3, 0.4) is 0 Å². The van der Waals surface area contributed by atoms with Crippen molar-refractivity contribution < 1.29 is 14.5 Å². The number of nitrogens with zero attached hydrogens (tertiary/aromatic N) is 2. The Hall–Kier alpha value is -2.91. The van der Waals surface area contributed by atoms with E-state index in [1.165, 1.54) is 35.2 Å². The van der Waals surface area contributed by atoms with Crippen molar-refractivity contribution in [3.8, 4) is 17.0 Å². The van der Waals surface area contributed by atoms with E-state index in [0.29, 0.717) is 10.9 Å². The lowest BCUT2D eigenvalue weighted by Gasteiger charge is -2.10. The smallest absolute Gasteiger partial charge is 0.269 e. The number of carbonyl (C=O) groups excluding carboxylic acids is 1. The van der Waals surface area contributed by atoms with Crippen LogP contribution in [-0.2, 0) is 4.79 Å². The van der Waals surface area contributed by atoms with Gasteiger partial charge in [-0.1, -0.05) is 12.1 Å². The zero-order chi connectivity index (χ0) is 20.1. The monoisotopic (exact) mass is 415 g/mol. The van der Waals surface area contributed by atoms with Crippen molar-refractivity contribution in [2.24, 2.45) is 0 Å². The zero-order valence-electron chi connectivity index (χ0n) is 15.1. The molecule has 2 aromatic carbocycles. The van der Waals surface area contributed by atoms with Crippen molar-refractivity contribution in [1.82, 2.24) is 4.98 Å². The Morgan fingerprint density at radius 3 is 2.64 bits per heavy atom. The third-order valence-electron chi connectivity index (χ3n) is 3.85. The molecule has 1 N–H and O–H groups in total. The van der Waals surface area contributed by atoms with Crippen molar-refractivity contribution in [3.05, 3.63) is 64.0 Å². The van der Waals surface area contributed by atoms with E-state index in [-0.39, 0.29) is 16.8 Å². The molecule has 0 aliphatic heterocycles. The number of methoxy groups -OCH3 is 1. The predicted octanol–water partition coefficient (Wildman–Crippen LogP) is 4.85. The van der Waals surface area contributed by atoms with E-state index in [1.807, 2.05) is 29.6 Å². The number of thioether (sulfide) groups is 1. The van der Waals surface area contributed by atoms with Gasteiger partial charge in [0, 0.05) is 28.0 Å². The maximum absolute atomic E-state index is 12.5. The first-order valence-electron chi connectivity index (χ1n) is 8.29. The van der Waals surface area contributed by atoms with Crippen LogP contribution in [0.5, 0.6) is 5.75 Å². The number of rotatable bonds is 7. The summed E-state index contributed by atoms with van der Waals surface area (Å²) in [4.78, 5) is 28.0. The lowest BCUT2D eigenvalue weighted by Crippen LogP contribution is -2.22. The Kier molecular flexibility index (Phi) is 6.27. The summed E-state index contributed by atoms with van der Waals surface area (Å²) in [6, 6.07) is 13.7. The molecule has 3 rings (SSSR count). The van der Waals surface area contributed by atoms with E-state index in [9.17, 15) is 14.9 Å². The maximum Gasteiger partial charge on any atom is 0.269 e. The first kappa shape index (κ1) is 19.8. The number of non-ortho nitro benzene ring substituents is 1. The van der Waals surface area contributed by atoms with Gasteiger partial charge in [0.2, 0.25) is 5.91 Å². The van der Waals surface area contributed by atoms with Crippen LogP contribution in [-0.4, -0.2) is 28.2 Å². The van der Waals surface area contributed by atoms with Crippen molar-refractivity contribution in [3.63, 3.8) is 0 Å². The third kappa shape index (κ3) is 4.68. The van der Waals surface area contributed by atoms with Crippen LogP contribution in [0, 0.1) is 10.1 Å². The topological polar surface area (TPSA) is 94.4 Å². The van der Waals surface area contributed by atoms with Gasteiger partial charge in [0.1, 0.15) is 5.75 Å². The van der Waals surface area contributed by atoms with Gasteiger partial charge in [-0.2, -0.15) is 0 Å². The first-order valence-corrected chi connectivity index (χ1v) is 10.0. The third-order valence-corrected chi connectivity index (χ3v) is 5.72. The number of anilines is 1. The number of thiazole rings is 1. The summed E-state index contributed by atoms with van der Waals surface area (Å²) in [5.74, 6) is 0.525. The van der Waals surface area contributed by atoms with Crippen LogP contribution in [0.25, 0.3) is 11.3 Å². The van der Waals surface area contributed by atoms with Gasteiger partial charge < -0.3 is 10.1 Å². The predicted molar refractivity (Wildman–Crippen MR) is 111 cm³/mol. The van der Waals surface area contributed by atoms with Crippen LogP contribution < -0.4 is 10.1 Å². The lowest BCUT2D eigenvalue weighted by atomic mass is 10.1. The summed E-state index contributed by atoms with van der Waals surface area (Å²) in [5, 5.41) is 15.5. The van der Waals surface area contributed by atoms with Gasteiger partial charge in [0.25, 0.3) is 5.69 Å². The molecule has 9 heteroatoms. The summed E-state index contributed by atoms with van der Waals surface area (Å²) in [6.45, 7) is 1.77. The van der Waals surface area contributed by atoms with Gasteiger partial charge in [-0.15, -0.1) is 23.1 Å². The molecule has 0 spiro atoms. The number of amides is 1. The van der Waals surface area contributed by atoms with Crippen LogP contribution in [0.15, 0.2) is 58.8 Å². The van der Waals surface area contributed by atoms with Crippen LogP contribution in [0.2, 0.25) is 0 Å². The highest BCUT2D eigenvalue weighted by atomic mass is 32.2. The molecule has 0 fully saturated rings. The summed E-state index contributed by atoms with van der Waals surface area (Å²) in [7, 11) is 1.60. The summed E-state index contributed by atoms with van der Waals surface area (Å²) in [5.41, 5.74) is 1.61. The second-order valence-electron chi connectivity index (χ2n) is 5.74. The van der Waals surface area contributed by atoms with E-state index < -0.39 is 4.92 Å². The number of benzene rings is 2. The van der Waals surface area contributed by atoms with E-state index in [2.05, 4.69) is 10.3 Å². The van der Waals surface area contributed by atoms with Gasteiger partial charge in [0.05, 0.1) is 23.0 Å². The number of aromatic nitrogens is 1. The highest BCUT2D eigenvalue weighted by Crippen LogP contribution is 2.32. The quantitative estimate of drug-likeness (QED) is 0.337. The van der Waals surface area contributed by atoms with E-state index >= 15 is 0 Å². The van der Waals surface area contributed by atoms with E-state index in [1.54, 1.807) is 26.2 Å². The number of para-hydroxylation sites is 1. The minimum atomic E-state index is -0.452. The molecule has 0 aliphatic carbocycles. The Labute approximate surface area is 169 Å². The highest BCUT2D eigenvalue weighted by molar-refractivity contribution is 8.00. The number of nitro groups is 1. The minimum Gasteiger partial charge on any atom is -0.496 e. The summed E-state index contributed by atoms with van der Waals surface area (Å²) < 4.78 is 5.35. The molecule has 3 aromatic rings. The fourth-order valence-electron chi connectivity index (χ4n) is 2.42.